The second-order valence-corrected chi connectivity index (χ2v) is 6.19. The SMILES string of the molecule is COC(=O)[C@@H](/C=C/c1ccccc1)[C@H]1C=C(C)c2ccccc2C1. The molecule has 0 aromatic heterocycles. The van der Waals surface area contributed by atoms with Crippen molar-refractivity contribution in [1.82, 2.24) is 0 Å². The number of allylic oxidation sites excluding steroid dienone is 2. The molecule has 2 aromatic carbocycles. The minimum atomic E-state index is -0.279. The van der Waals surface area contributed by atoms with Crippen molar-refractivity contribution in [3.63, 3.8) is 0 Å². The van der Waals surface area contributed by atoms with Crippen LogP contribution < -0.4 is 0 Å². The van der Waals surface area contributed by atoms with E-state index in [2.05, 4.69) is 37.3 Å². The van der Waals surface area contributed by atoms with Crippen LogP contribution in [0.3, 0.4) is 0 Å². The third-order valence-corrected chi connectivity index (χ3v) is 4.59. The number of fused-ring (bicyclic) bond motifs is 1. The van der Waals surface area contributed by atoms with Crippen LogP contribution in [-0.2, 0) is 16.0 Å². The van der Waals surface area contributed by atoms with Crippen molar-refractivity contribution in [1.29, 1.82) is 0 Å². The third-order valence-electron chi connectivity index (χ3n) is 4.59. The first kappa shape index (κ1) is 16.3. The summed E-state index contributed by atoms with van der Waals surface area (Å²) in [6.07, 6.45) is 7.04. The molecular formula is C22H22O2. The molecule has 2 nitrogen and oxygen atoms in total. The highest BCUT2D eigenvalue weighted by Gasteiger charge is 2.29. The van der Waals surface area contributed by atoms with Crippen molar-refractivity contribution in [2.45, 2.75) is 13.3 Å². The van der Waals surface area contributed by atoms with Gasteiger partial charge in [-0.15, -0.1) is 0 Å². The molecule has 0 unspecified atom stereocenters. The van der Waals surface area contributed by atoms with E-state index >= 15 is 0 Å². The Morgan fingerprint density at radius 2 is 1.83 bits per heavy atom. The lowest BCUT2D eigenvalue weighted by Gasteiger charge is -2.26. The number of benzene rings is 2. The van der Waals surface area contributed by atoms with Gasteiger partial charge in [0, 0.05) is 0 Å². The lowest BCUT2D eigenvalue weighted by atomic mass is 9.78. The van der Waals surface area contributed by atoms with Gasteiger partial charge in [-0.25, -0.2) is 0 Å². The number of methoxy groups -OCH3 is 1. The average Bonchev–Trinajstić information content (AvgIpc) is 2.62. The fourth-order valence-electron chi connectivity index (χ4n) is 3.35. The van der Waals surface area contributed by atoms with E-state index in [0.717, 1.165) is 12.0 Å². The molecule has 0 spiro atoms. The highest BCUT2D eigenvalue weighted by atomic mass is 16.5. The van der Waals surface area contributed by atoms with E-state index in [9.17, 15) is 4.79 Å². The molecule has 24 heavy (non-hydrogen) atoms. The highest BCUT2D eigenvalue weighted by molar-refractivity contribution is 5.78. The van der Waals surface area contributed by atoms with Crippen molar-refractivity contribution < 1.29 is 9.53 Å². The largest absolute Gasteiger partial charge is 0.469 e. The maximum absolute atomic E-state index is 12.3. The molecule has 0 saturated heterocycles. The smallest absolute Gasteiger partial charge is 0.313 e. The molecule has 0 fully saturated rings. The Labute approximate surface area is 143 Å². The molecule has 122 valence electrons. The summed E-state index contributed by atoms with van der Waals surface area (Å²) in [6.45, 7) is 2.11. The van der Waals surface area contributed by atoms with Crippen molar-refractivity contribution >= 4 is 17.6 Å². The van der Waals surface area contributed by atoms with Crippen LogP contribution in [0.4, 0.5) is 0 Å². The topological polar surface area (TPSA) is 26.3 Å². The molecular weight excluding hydrogens is 296 g/mol. The van der Waals surface area contributed by atoms with Crippen LogP contribution in [0.25, 0.3) is 11.6 Å². The first-order valence-electron chi connectivity index (χ1n) is 8.27. The van der Waals surface area contributed by atoms with Crippen molar-refractivity contribution in [3.8, 4) is 0 Å². The third kappa shape index (κ3) is 3.48. The molecule has 0 amide bonds. The van der Waals surface area contributed by atoms with E-state index in [1.807, 2.05) is 42.5 Å². The summed E-state index contributed by atoms with van der Waals surface area (Å²) in [7, 11) is 1.46. The second-order valence-electron chi connectivity index (χ2n) is 6.19. The molecule has 0 aliphatic heterocycles. The zero-order valence-electron chi connectivity index (χ0n) is 14.1. The van der Waals surface area contributed by atoms with Crippen molar-refractivity contribution in [3.05, 3.63) is 83.4 Å². The molecule has 2 aromatic rings. The number of carbonyl (C=O) groups is 1. The van der Waals surface area contributed by atoms with Gasteiger partial charge in [0.25, 0.3) is 0 Å². The van der Waals surface area contributed by atoms with Crippen LogP contribution in [0.15, 0.2) is 66.7 Å². The number of hydrogen-bond acceptors (Lipinski definition) is 2. The zero-order chi connectivity index (χ0) is 16.9. The quantitative estimate of drug-likeness (QED) is 0.759. The van der Waals surface area contributed by atoms with Crippen LogP contribution in [0.2, 0.25) is 0 Å². The van der Waals surface area contributed by atoms with Gasteiger partial charge in [-0.3, -0.25) is 4.79 Å². The molecule has 0 bridgehead atoms. The molecule has 3 rings (SSSR count). The van der Waals surface area contributed by atoms with Gasteiger partial charge >= 0.3 is 5.97 Å². The fourth-order valence-corrected chi connectivity index (χ4v) is 3.35. The van der Waals surface area contributed by atoms with Crippen LogP contribution in [0.1, 0.15) is 23.6 Å². The summed E-state index contributed by atoms with van der Waals surface area (Å²) in [4.78, 5) is 12.3. The van der Waals surface area contributed by atoms with E-state index in [1.54, 1.807) is 0 Å². The number of esters is 1. The molecule has 0 saturated carbocycles. The maximum atomic E-state index is 12.3. The minimum absolute atomic E-state index is 0.118. The molecule has 0 heterocycles. The van der Waals surface area contributed by atoms with E-state index in [-0.39, 0.29) is 17.8 Å². The number of ether oxygens (including phenoxy) is 1. The second kappa shape index (κ2) is 7.31. The molecule has 0 N–H and O–H groups in total. The van der Waals surface area contributed by atoms with Gasteiger partial charge in [0.1, 0.15) is 0 Å². The lowest BCUT2D eigenvalue weighted by molar-refractivity contribution is -0.144. The molecule has 1 aliphatic rings. The van der Waals surface area contributed by atoms with Crippen LogP contribution >= 0.6 is 0 Å². The predicted octanol–water partition coefficient (Wildman–Crippen LogP) is 4.76. The molecule has 2 heteroatoms. The lowest BCUT2D eigenvalue weighted by Crippen LogP contribution is -2.26. The number of hydrogen-bond donors (Lipinski definition) is 0. The minimum Gasteiger partial charge on any atom is -0.469 e. The molecule has 0 radical (unpaired) electrons. The Morgan fingerprint density at radius 1 is 1.12 bits per heavy atom. The number of rotatable bonds is 4. The monoisotopic (exact) mass is 318 g/mol. The summed E-state index contributed by atoms with van der Waals surface area (Å²) in [5.74, 6) is -0.346. The molecule has 1 aliphatic carbocycles. The Kier molecular flexibility index (Phi) is 4.95. The van der Waals surface area contributed by atoms with Crippen LogP contribution in [-0.4, -0.2) is 13.1 Å². The van der Waals surface area contributed by atoms with Gasteiger partial charge in [0.15, 0.2) is 0 Å². The van der Waals surface area contributed by atoms with E-state index < -0.39 is 0 Å². The molecule has 2 atom stereocenters. The Balaban J connectivity index is 1.89. The van der Waals surface area contributed by atoms with Crippen molar-refractivity contribution in [2.24, 2.45) is 11.8 Å². The standard InChI is InChI=1S/C22H22O2/c1-16-14-19(15-18-10-6-7-11-20(16)18)21(22(23)24-2)13-12-17-8-4-3-5-9-17/h3-14,19,21H,15H2,1-2H3/b13-12+/t19-,21-/m0/s1. The average molecular weight is 318 g/mol. The predicted molar refractivity (Wildman–Crippen MR) is 98.3 cm³/mol. The van der Waals surface area contributed by atoms with Gasteiger partial charge < -0.3 is 4.74 Å². The van der Waals surface area contributed by atoms with Gasteiger partial charge in [-0.1, -0.05) is 72.8 Å². The number of carbonyl (C=O) groups excluding carboxylic acids is 1. The Hall–Kier alpha value is -2.61. The van der Waals surface area contributed by atoms with Crippen molar-refractivity contribution in [2.75, 3.05) is 7.11 Å². The summed E-state index contributed by atoms with van der Waals surface area (Å²) < 4.78 is 5.06. The zero-order valence-corrected chi connectivity index (χ0v) is 14.1. The summed E-state index contributed by atoms with van der Waals surface area (Å²) in [6, 6.07) is 18.4. The van der Waals surface area contributed by atoms with Gasteiger partial charge in [-0.05, 0) is 41.5 Å². The summed E-state index contributed by atoms with van der Waals surface area (Å²) >= 11 is 0. The van der Waals surface area contributed by atoms with E-state index in [0.29, 0.717) is 0 Å². The van der Waals surface area contributed by atoms with Gasteiger partial charge in [0.2, 0.25) is 0 Å². The first-order chi connectivity index (χ1) is 11.7. The summed E-state index contributed by atoms with van der Waals surface area (Å²) in [5.41, 5.74) is 4.89. The van der Waals surface area contributed by atoms with E-state index in [1.165, 1.54) is 23.8 Å². The maximum Gasteiger partial charge on any atom is 0.313 e. The summed E-state index contributed by atoms with van der Waals surface area (Å²) in [5, 5.41) is 0. The first-order valence-corrected chi connectivity index (χ1v) is 8.27. The highest BCUT2D eigenvalue weighted by Crippen LogP contribution is 2.33. The van der Waals surface area contributed by atoms with Gasteiger partial charge in [0.05, 0.1) is 13.0 Å². The van der Waals surface area contributed by atoms with E-state index in [4.69, 9.17) is 4.74 Å². The van der Waals surface area contributed by atoms with Crippen LogP contribution in [0.5, 0.6) is 0 Å². The van der Waals surface area contributed by atoms with Crippen LogP contribution in [0, 0.1) is 11.8 Å². The van der Waals surface area contributed by atoms with Gasteiger partial charge in [-0.2, -0.15) is 0 Å². The Bertz CT molecular complexity index is 772. The normalized spacial score (nSPS) is 17.9. The Morgan fingerprint density at radius 3 is 2.58 bits per heavy atom. The fraction of sp³-hybridized carbons (Fsp3) is 0.227.